The van der Waals surface area contributed by atoms with Gasteiger partial charge < -0.3 is 18.9 Å². The smallest absolute Gasteiger partial charge is 0.213 e. The Bertz CT molecular complexity index is 891. The molecular formula is C16H15F3O4S2. The van der Waals surface area contributed by atoms with Crippen molar-refractivity contribution in [3.05, 3.63) is 22.1 Å². The molecule has 0 aliphatic rings. The highest BCUT2D eigenvalue weighted by Gasteiger charge is 2.26. The summed E-state index contributed by atoms with van der Waals surface area (Å²) in [4.78, 5) is 0. The number of hydrogen-bond acceptors (Lipinski definition) is 6. The van der Waals surface area contributed by atoms with Crippen molar-refractivity contribution in [1.29, 1.82) is 0 Å². The van der Waals surface area contributed by atoms with Gasteiger partial charge >= 0.3 is 0 Å². The second-order valence-electron chi connectivity index (χ2n) is 5.03. The molecule has 2 aromatic heterocycles. The summed E-state index contributed by atoms with van der Waals surface area (Å²) in [5.74, 6) is -0.693. The van der Waals surface area contributed by atoms with Crippen LogP contribution in [0.2, 0.25) is 0 Å². The van der Waals surface area contributed by atoms with E-state index >= 15 is 0 Å². The topological polar surface area (TPSA) is 36.9 Å². The standard InChI is InChI=1S/C16H15F3O4S2/c1-20-3-5-22-12-8-7-9(17)24-14(8)13(23-6-4-21-2)10-11(18)16(19)25-15(10)12/h7H,3-6H2,1-2H3. The van der Waals surface area contributed by atoms with Gasteiger partial charge in [0.1, 0.15) is 24.7 Å². The minimum atomic E-state index is -1.03. The van der Waals surface area contributed by atoms with Gasteiger partial charge in [-0.05, 0) is 6.07 Å². The summed E-state index contributed by atoms with van der Waals surface area (Å²) in [7, 11) is 3.01. The quantitative estimate of drug-likeness (QED) is 0.526. The molecule has 3 rings (SSSR count). The second-order valence-corrected chi connectivity index (χ2v) is 7.00. The first-order chi connectivity index (χ1) is 12.1. The third-order valence-corrected chi connectivity index (χ3v) is 5.34. The lowest BCUT2D eigenvalue weighted by molar-refractivity contribution is 0.147. The maximum atomic E-state index is 14.4. The Kier molecular flexibility index (Phi) is 5.67. The van der Waals surface area contributed by atoms with Crippen molar-refractivity contribution in [2.45, 2.75) is 0 Å². The molecule has 0 unspecified atom stereocenters. The van der Waals surface area contributed by atoms with Gasteiger partial charge in [0.2, 0.25) is 5.13 Å². The maximum absolute atomic E-state index is 14.4. The van der Waals surface area contributed by atoms with Gasteiger partial charge in [0, 0.05) is 19.6 Å². The summed E-state index contributed by atoms with van der Waals surface area (Å²) >= 11 is 1.40. The van der Waals surface area contributed by atoms with E-state index in [1.807, 2.05) is 0 Å². The van der Waals surface area contributed by atoms with Crippen LogP contribution in [0.1, 0.15) is 0 Å². The highest BCUT2D eigenvalue weighted by Crippen LogP contribution is 2.50. The molecule has 9 heteroatoms. The highest BCUT2D eigenvalue weighted by atomic mass is 32.1. The molecule has 0 saturated heterocycles. The van der Waals surface area contributed by atoms with Gasteiger partial charge in [0.05, 0.1) is 28.0 Å². The van der Waals surface area contributed by atoms with Crippen molar-refractivity contribution in [2.24, 2.45) is 0 Å². The Morgan fingerprint density at radius 2 is 1.48 bits per heavy atom. The molecule has 0 fully saturated rings. The van der Waals surface area contributed by atoms with Crippen molar-refractivity contribution >= 4 is 42.8 Å². The number of ether oxygens (including phenoxy) is 4. The van der Waals surface area contributed by atoms with E-state index in [2.05, 4.69) is 0 Å². The van der Waals surface area contributed by atoms with E-state index in [0.29, 0.717) is 21.4 Å². The Labute approximate surface area is 149 Å². The third-order valence-electron chi connectivity index (χ3n) is 3.46. The van der Waals surface area contributed by atoms with Gasteiger partial charge in [0.25, 0.3) is 0 Å². The van der Waals surface area contributed by atoms with Gasteiger partial charge in [-0.2, -0.15) is 8.78 Å². The van der Waals surface area contributed by atoms with Crippen molar-refractivity contribution < 1.29 is 32.1 Å². The van der Waals surface area contributed by atoms with Crippen molar-refractivity contribution in [2.75, 3.05) is 40.6 Å². The lowest BCUT2D eigenvalue weighted by Crippen LogP contribution is -2.06. The molecule has 0 amide bonds. The van der Waals surface area contributed by atoms with Gasteiger partial charge in [-0.15, -0.1) is 11.3 Å². The number of benzene rings is 1. The molecule has 0 aliphatic heterocycles. The van der Waals surface area contributed by atoms with E-state index in [4.69, 9.17) is 18.9 Å². The van der Waals surface area contributed by atoms with E-state index in [1.165, 1.54) is 20.3 Å². The summed E-state index contributed by atoms with van der Waals surface area (Å²) < 4.78 is 63.9. The summed E-state index contributed by atoms with van der Waals surface area (Å²) in [5.41, 5.74) is 0. The first kappa shape index (κ1) is 18.2. The lowest BCUT2D eigenvalue weighted by atomic mass is 10.1. The predicted octanol–water partition coefficient (Wildman–Crippen LogP) is 4.58. The number of halogens is 3. The normalized spacial score (nSPS) is 11.6. The molecule has 0 atom stereocenters. The molecule has 0 bridgehead atoms. The lowest BCUT2D eigenvalue weighted by Gasteiger charge is -2.13. The first-order valence-electron chi connectivity index (χ1n) is 7.34. The van der Waals surface area contributed by atoms with Crippen molar-refractivity contribution in [3.8, 4) is 11.5 Å². The van der Waals surface area contributed by atoms with E-state index in [9.17, 15) is 13.2 Å². The van der Waals surface area contributed by atoms with Crippen LogP contribution in [-0.2, 0) is 9.47 Å². The molecule has 3 aromatic rings. The van der Waals surface area contributed by atoms with Gasteiger partial charge in [-0.1, -0.05) is 11.3 Å². The fraction of sp³-hybridized carbons (Fsp3) is 0.375. The monoisotopic (exact) mass is 392 g/mol. The minimum Gasteiger partial charge on any atom is -0.489 e. The van der Waals surface area contributed by atoms with Crippen LogP contribution in [-0.4, -0.2) is 40.6 Å². The SMILES string of the molecule is COCCOc1c2cc(F)sc2c(OCCOC)c2c(F)c(F)sc12. The van der Waals surface area contributed by atoms with Gasteiger partial charge in [0.15, 0.2) is 10.9 Å². The van der Waals surface area contributed by atoms with E-state index in [-0.39, 0.29) is 48.0 Å². The highest BCUT2D eigenvalue weighted by molar-refractivity contribution is 7.20. The largest absolute Gasteiger partial charge is 0.489 e. The summed E-state index contributed by atoms with van der Waals surface area (Å²) in [6.07, 6.45) is 0. The molecule has 0 saturated carbocycles. The average Bonchev–Trinajstić information content (AvgIpc) is 3.10. The number of thiophene rings is 2. The van der Waals surface area contributed by atoms with Crippen LogP contribution in [0.3, 0.4) is 0 Å². The van der Waals surface area contributed by atoms with E-state index in [1.54, 1.807) is 0 Å². The fourth-order valence-electron chi connectivity index (χ4n) is 2.42. The van der Waals surface area contributed by atoms with Crippen LogP contribution in [0.25, 0.3) is 20.2 Å². The molecular weight excluding hydrogens is 377 g/mol. The number of hydrogen-bond donors (Lipinski definition) is 0. The Hall–Kier alpha value is -1.55. The predicted molar refractivity (Wildman–Crippen MR) is 91.8 cm³/mol. The molecule has 25 heavy (non-hydrogen) atoms. The second kappa shape index (κ2) is 7.77. The minimum absolute atomic E-state index is 0.0413. The van der Waals surface area contributed by atoms with Crippen LogP contribution >= 0.6 is 22.7 Å². The molecule has 0 radical (unpaired) electrons. The maximum Gasteiger partial charge on any atom is 0.213 e. The van der Waals surface area contributed by atoms with Crippen LogP contribution in [0.4, 0.5) is 13.2 Å². The van der Waals surface area contributed by atoms with Crippen LogP contribution in [0.15, 0.2) is 6.07 Å². The number of methoxy groups -OCH3 is 2. The summed E-state index contributed by atoms with van der Waals surface area (Å²) in [5, 5.41) is -1.07. The molecule has 0 N–H and O–H groups in total. The van der Waals surface area contributed by atoms with E-state index in [0.717, 1.165) is 11.3 Å². The molecule has 1 aromatic carbocycles. The number of fused-ring (bicyclic) bond motifs is 2. The average molecular weight is 392 g/mol. The summed E-state index contributed by atoms with van der Waals surface area (Å²) in [6.45, 7) is 0.847. The Balaban J connectivity index is 2.23. The molecule has 0 spiro atoms. The molecule has 2 heterocycles. The Morgan fingerprint density at radius 1 is 0.840 bits per heavy atom. The molecule has 0 aliphatic carbocycles. The molecule has 136 valence electrons. The zero-order valence-corrected chi connectivity index (χ0v) is 15.1. The fourth-order valence-corrected chi connectivity index (χ4v) is 4.22. The zero-order chi connectivity index (χ0) is 18.0. The van der Waals surface area contributed by atoms with Gasteiger partial charge in [-0.25, -0.2) is 4.39 Å². The van der Waals surface area contributed by atoms with Crippen LogP contribution < -0.4 is 9.47 Å². The molecule has 4 nitrogen and oxygen atoms in total. The summed E-state index contributed by atoms with van der Waals surface area (Å²) in [6, 6.07) is 1.28. The number of rotatable bonds is 8. The van der Waals surface area contributed by atoms with Gasteiger partial charge in [-0.3, -0.25) is 0 Å². The zero-order valence-electron chi connectivity index (χ0n) is 13.5. The van der Waals surface area contributed by atoms with Crippen molar-refractivity contribution in [1.82, 2.24) is 0 Å². The van der Waals surface area contributed by atoms with Crippen LogP contribution in [0, 0.1) is 16.1 Å². The van der Waals surface area contributed by atoms with Crippen LogP contribution in [0.5, 0.6) is 11.5 Å². The first-order valence-corrected chi connectivity index (χ1v) is 8.97. The van der Waals surface area contributed by atoms with E-state index < -0.39 is 16.1 Å². The third kappa shape index (κ3) is 3.41. The Morgan fingerprint density at radius 3 is 2.12 bits per heavy atom. The van der Waals surface area contributed by atoms with Crippen molar-refractivity contribution in [3.63, 3.8) is 0 Å².